The van der Waals surface area contributed by atoms with Gasteiger partial charge in [-0.3, -0.25) is 0 Å². The zero-order valence-corrected chi connectivity index (χ0v) is 12.3. The molecule has 0 aromatic carbocycles. The molecule has 21 heavy (non-hydrogen) atoms. The SMILES string of the molecule is O=C(O)[C@@H]1CC[C@@H]2CN1C(=O)N2OS(=O)(=O)c1cccs1. The van der Waals surface area contributed by atoms with Gasteiger partial charge in [-0.2, -0.15) is 13.5 Å². The van der Waals surface area contributed by atoms with E-state index in [0.29, 0.717) is 6.42 Å². The molecule has 1 N–H and O–H groups in total. The van der Waals surface area contributed by atoms with E-state index in [1.54, 1.807) is 11.4 Å². The molecule has 2 fully saturated rings. The maximum absolute atomic E-state index is 12.2. The molecular formula is C11H12N2O6S2. The molecule has 114 valence electrons. The standard InChI is InChI=1S/C11H12N2O6S2/c14-10(15)8-4-3-7-6-12(8)11(16)13(7)19-21(17,18)9-2-1-5-20-9/h1-2,5,7-8H,3-4,6H2,(H,14,15)/t7-,8+/m1/s1. The molecule has 2 atom stereocenters. The molecule has 0 aliphatic carbocycles. The van der Waals surface area contributed by atoms with Crippen LogP contribution in [-0.4, -0.2) is 54.1 Å². The zero-order chi connectivity index (χ0) is 15.2. The number of amides is 2. The first-order valence-corrected chi connectivity index (χ1v) is 8.49. The van der Waals surface area contributed by atoms with E-state index in [-0.39, 0.29) is 17.2 Å². The Labute approximate surface area is 124 Å². The number of carbonyl (C=O) groups is 2. The van der Waals surface area contributed by atoms with E-state index in [1.165, 1.54) is 6.07 Å². The zero-order valence-electron chi connectivity index (χ0n) is 10.7. The minimum Gasteiger partial charge on any atom is -0.480 e. The van der Waals surface area contributed by atoms with Crippen LogP contribution in [0.1, 0.15) is 12.8 Å². The first kappa shape index (κ1) is 14.3. The number of hydrogen-bond donors (Lipinski definition) is 1. The highest BCUT2D eigenvalue weighted by atomic mass is 32.3. The fourth-order valence-corrected chi connectivity index (χ4v) is 4.43. The van der Waals surface area contributed by atoms with Gasteiger partial charge in [0.2, 0.25) is 0 Å². The second-order valence-corrected chi connectivity index (χ2v) is 7.51. The number of nitrogens with zero attached hydrogens (tertiary/aromatic N) is 2. The van der Waals surface area contributed by atoms with Crippen molar-refractivity contribution in [1.29, 1.82) is 0 Å². The van der Waals surface area contributed by atoms with E-state index < -0.39 is 34.2 Å². The normalized spacial score (nSPS) is 25.4. The Morgan fingerprint density at radius 1 is 1.43 bits per heavy atom. The van der Waals surface area contributed by atoms with Crippen molar-refractivity contribution in [2.45, 2.75) is 29.1 Å². The number of hydroxylamine groups is 2. The Morgan fingerprint density at radius 2 is 2.19 bits per heavy atom. The van der Waals surface area contributed by atoms with Gasteiger partial charge in [0, 0.05) is 6.54 Å². The highest BCUT2D eigenvalue weighted by Gasteiger charge is 2.49. The summed E-state index contributed by atoms with van der Waals surface area (Å²) in [5.41, 5.74) is 0. The van der Waals surface area contributed by atoms with Gasteiger partial charge in [0.05, 0.1) is 6.04 Å². The quantitative estimate of drug-likeness (QED) is 0.871. The third-order valence-electron chi connectivity index (χ3n) is 3.53. The Bertz CT molecular complexity index is 671. The average molecular weight is 332 g/mol. The van der Waals surface area contributed by atoms with Crippen LogP contribution in [0.3, 0.4) is 0 Å². The van der Waals surface area contributed by atoms with Crippen molar-refractivity contribution in [3.63, 3.8) is 0 Å². The van der Waals surface area contributed by atoms with Crippen molar-refractivity contribution in [1.82, 2.24) is 9.96 Å². The van der Waals surface area contributed by atoms with Crippen LogP contribution in [0.15, 0.2) is 21.7 Å². The molecule has 2 amide bonds. The van der Waals surface area contributed by atoms with Gasteiger partial charge in [0.1, 0.15) is 10.3 Å². The molecule has 1 aromatic rings. The largest absolute Gasteiger partial charge is 0.480 e. The highest BCUT2D eigenvalue weighted by molar-refractivity contribution is 7.88. The first-order valence-electron chi connectivity index (χ1n) is 6.21. The van der Waals surface area contributed by atoms with E-state index >= 15 is 0 Å². The molecule has 0 unspecified atom stereocenters. The average Bonchev–Trinajstić information content (AvgIpc) is 3.04. The molecule has 3 rings (SSSR count). The summed E-state index contributed by atoms with van der Waals surface area (Å²) in [7, 11) is -4.06. The van der Waals surface area contributed by atoms with Gasteiger partial charge in [-0.1, -0.05) is 6.07 Å². The van der Waals surface area contributed by atoms with E-state index in [0.717, 1.165) is 21.3 Å². The van der Waals surface area contributed by atoms with Crippen molar-refractivity contribution < 1.29 is 27.4 Å². The van der Waals surface area contributed by atoms with Crippen LogP contribution in [0.4, 0.5) is 4.79 Å². The Kier molecular flexibility index (Phi) is 3.38. The van der Waals surface area contributed by atoms with Gasteiger partial charge in [-0.05, 0) is 24.3 Å². The van der Waals surface area contributed by atoms with Gasteiger partial charge < -0.3 is 10.0 Å². The molecule has 0 spiro atoms. The van der Waals surface area contributed by atoms with E-state index in [9.17, 15) is 18.0 Å². The van der Waals surface area contributed by atoms with Crippen LogP contribution in [0, 0.1) is 0 Å². The van der Waals surface area contributed by atoms with Crippen LogP contribution in [0.25, 0.3) is 0 Å². The van der Waals surface area contributed by atoms with Crippen molar-refractivity contribution in [2.75, 3.05) is 6.54 Å². The number of carboxylic acid groups (broad SMARTS) is 1. The third-order valence-corrected chi connectivity index (χ3v) is 6.08. The van der Waals surface area contributed by atoms with Crippen LogP contribution in [-0.2, 0) is 19.2 Å². The molecule has 8 nitrogen and oxygen atoms in total. The number of carbonyl (C=O) groups excluding carboxylic acids is 1. The summed E-state index contributed by atoms with van der Waals surface area (Å²) in [5.74, 6) is -1.09. The molecule has 0 radical (unpaired) electrons. The predicted octanol–water partition coefficient (Wildman–Crippen LogP) is 0.722. The molecule has 2 saturated heterocycles. The molecule has 0 saturated carbocycles. The lowest BCUT2D eigenvalue weighted by Crippen LogP contribution is -2.44. The summed E-state index contributed by atoms with van der Waals surface area (Å²) >= 11 is 0.987. The summed E-state index contributed by atoms with van der Waals surface area (Å²) in [6, 6.07) is 0.863. The van der Waals surface area contributed by atoms with Crippen LogP contribution < -0.4 is 0 Å². The fourth-order valence-electron chi connectivity index (χ4n) is 2.53. The first-order chi connectivity index (χ1) is 9.90. The van der Waals surface area contributed by atoms with Gasteiger partial charge in [-0.25, -0.2) is 9.59 Å². The minimum absolute atomic E-state index is 0.00142. The van der Waals surface area contributed by atoms with Gasteiger partial charge in [-0.15, -0.1) is 15.6 Å². The number of thiophene rings is 1. The summed E-state index contributed by atoms with van der Waals surface area (Å²) in [6.45, 7) is 0.162. The monoisotopic (exact) mass is 332 g/mol. The van der Waals surface area contributed by atoms with Crippen LogP contribution >= 0.6 is 11.3 Å². The molecule has 2 bridgehead atoms. The second-order valence-electron chi connectivity index (χ2n) is 4.81. The fraction of sp³-hybridized carbons (Fsp3) is 0.455. The summed E-state index contributed by atoms with van der Waals surface area (Å²) in [4.78, 5) is 24.4. The molecular weight excluding hydrogens is 320 g/mol. The van der Waals surface area contributed by atoms with Gasteiger partial charge in [0.15, 0.2) is 0 Å². The number of piperidine rings is 1. The molecule has 2 aliphatic heterocycles. The minimum atomic E-state index is -4.06. The Hall–Kier alpha value is -1.65. The summed E-state index contributed by atoms with van der Waals surface area (Å²) in [6.07, 6.45) is 0.670. The van der Waals surface area contributed by atoms with Crippen molar-refractivity contribution in [3.8, 4) is 0 Å². The molecule has 10 heteroatoms. The van der Waals surface area contributed by atoms with Crippen LogP contribution in [0.5, 0.6) is 0 Å². The second kappa shape index (κ2) is 4.97. The van der Waals surface area contributed by atoms with Crippen molar-refractivity contribution in [2.24, 2.45) is 0 Å². The number of hydrogen-bond acceptors (Lipinski definition) is 6. The number of fused-ring (bicyclic) bond motifs is 2. The third kappa shape index (κ3) is 2.39. The van der Waals surface area contributed by atoms with E-state index in [4.69, 9.17) is 9.39 Å². The number of aliphatic carboxylic acids is 1. The maximum atomic E-state index is 12.2. The summed E-state index contributed by atoms with van der Waals surface area (Å²) < 4.78 is 29.0. The van der Waals surface area contributed by atoms with Gasteiger partial charge >= 0.3 is 22.1 Å². The van der Waals surface area contributed by atoms with Crippen LogP contribution in [0.2, 0.25) is 0 Å². The number of rotatable bonds is 4. The number of carboxylic acids is 1. The van der Waals surface area contributed by atoms with E-state index in [1.807, 2.05) is 0 Å². The maximum Gasteiger partial charge on any atom is 0.346 e. The number of urea groups is 1. The van der Waals surface area contributed by atoms with Crippen molar-refractivity contribution >= 4 is 33.5 Å². The smallest absolute Gasteiger partial charge is 0.346 e. The Balaban J connectivity index is 1.82. The van der Waals surface area contributed by atoms with Crippen molar-refractivity contribution in [3.05, 3.63) is 17.5 Å². The Morgan fingerprint density at radius 3 is 2.81 bits per heavy atom. The highest BCUT2D eigenvalue weighted by Crippen LogP contribution is 2.32. The predicted molar refractivity (Wildman–Crippen MR) is 71.0 cm³/mol. The molecule has 1 aromatic heterocycles. The van der Waals surface area contributed by atoms with Gasteiger partial charge in [0.25, 0.3) is 0 Å². The lowest BCUT2D eigenvalue weighted by Gasteiger charge is -2.26. The molecule has 3 heterocycles. The lowest BCUT2D eigenvalue weighted by molar-refractivity contribution is -0.142. The molecule has 2 aliphatic rings. The summed E-state index contributed by atoms with van der Waals surface area (Å²) in [5, 5.41) is 11.5. The lowest BCUT2D eigenvalue weighted by atomic mass is 10.0. The topological polar surface area (TPSA) is 104 Å². The van der Waals surface area contributed by atoms with E-state index in [2.05, 4.69) is 0 Å².